The molecule has 0 atom stereocenters. The number of benzene rings is 1. The topological polar surface area (TPSA) is 61.8 Å². The summed E-state index contributed by atoms with van der Waals surface area (Å²) in [6.45, 7) is 5.10. The number of carbonyl (C=O) groups is 2. The van der Waals surface area contributed by atoms with Crippen molar-refractivity contribution in [1.82, 2.24) is 10.2 Å². The van der Waals surface area contributed by atoms with Crippen LogP contribution in [0.3, 0.4) is 0 Å². The van der Waals surface area contributed by atoms with Crippen LogP contribution < -0.4 is 5.32 Å². The van der Waals surface area contributed by atoms with Crippen molar-refractivity contribution in [2.75, 3.05) is 18.8 Å². The SMILES string of the molecule is CCCCCCNC(=O)CSC1=NC(=Cc2ccccc2F)C(=O)N1CC. The maximum atomic E-state index is 13.8. The Morgan fingerprint density at radius 1 is 1.26 bits per heavy atom. The second kappa shape index (κ2) is 10.9. The summed E-state index contributed by atoms with van der Waals surface area (Å²) in [4.78, 5) is 30.3. The number of nitrogens with one attached hydrogen (secondary N) is 1. The highest BCUT2D eigenvalue weighted by Gasteiger charge is 2.29. The normalized spacial score (nSPS) is 15.4. The van der Waals surface area contributed by atoms with Gasteiger partial charge in [-0.25, -0.2) is 9.38 Å². The lowest BCUT2D eigenvalue weighted by molar-refractivity contribution is -0.122. The van der Waals surface area contributed by atoms with Gasteiger partial charge in [-0.2, -0.15) is 0 Å². The summed E-state index contributed by atoms with van der Waals surface area (Å²) in [5, 5.41) is 3.36. The Balaban J connectivity index is 1.95. The third-order valence-corrected chi connectivity index (χ3v) is 5.09. The number of aliphatic imine (C=N–C) groups is 1. The molecular formula is C20H26FN3O2S. The van der Waals surface area contributed by atoms with Gasteiger partial charge in [-0.15, -0.1) is 0 Å². The first-order chi connectivity index (χ1) is 13.1. The number of halogens is 1. The largest absolute Gasteiger partial charge is 0.355 e. The summed E-state index contributed by atoms with van der Waals surface area (Å²) < 4.78 is 13.8. The average molecular weight is 392 g/mol. The number of amidine groups is 1. The smallest absolute Gasteiger partial charge is 0.278 e. The minimum Gasteiger partial charge on any atom is -0.355 e. The number of hydrogen-bond acceptors (Lipinski definition) is 4. The van der Waals surface area contributed by atoms with Crippen molar-refractivity contribution in [2.45, 2.75) is 39.5 Å². The molecule has 146 valence electrons. The summed E-state index contributed by atoms with van der Waals surface area (Å²) >= 11 is 1.22. The molecule has 0 unspecified atom stereocenters. The molecule has 1 aromatic rings. The van der Waals surface area contributed by atoms with Gasteiger partial charge in [-0.1, -0.05) is 56.1 Å². The predicted octanol–water partition coefficient (Wildman–Crippen LogP) is 3.81. The van der Waals surface area contributed by atoms with Crippen LogP contribution in [0.1, 0.15) is 45.1 Å². The van der Waals surface area contributed by atoms with Crippen molar-refractivity contribution >= 4 is 34.8 Å². The molecule has 1 N–H and O–H groups in total. The van der Waals surface area contributed by atoms with E-state index in [1.807, 2.05) is 6.92 Å². The van der Waals surface area contributed by atoms with Crippen LogP contribution in [0.5, 0.6) is 0 Å². The van der Waals surface area contributed by atoms with Gasteiger partial charge in [0.15, 0.2) is 5.17 Å². The summed E-state index contributed by atoms with van der Waals surface area (Å²) in [6.07, 6.45) is 5.86. The van der Waals surface area contributed by atoms with E-state index in [1.165, 1.54) is 35.2 Å². The zero-order chi connectivity index (χ0) is 19.6. The van der Waals surface area contributed by atoms with Crippen molar-refractivity contribution in [2.24, 2.45) is 4.99 Å². The summed E-state index contributed by atoms with van der Waals surface area (Å²) in [6, 6.07) is 6.24. The van der Waals surface area contributed by atoms with E-state index in [9.17, 15) is 14.0 Å². The van der Waals surface area contributed by atoms with Crippen LogP contribution in [-0.4, -0.2) is 40.7 Å². The lowest BCUT2D eigenvalue weighted by atomic mass is 10.2. The third kappa shape index (κ3) is 6.20. The zero-order valence-corrected chi connectivity index (χ0v) is 16.7. The molecule has 1 aromatic carbocycles. The first-order valence-corrected chi connectivity index (χ1v) is 10.3. The minimum absolute atomic E-state index is 0.0748. The quantitative estimate of drug-likeness (QED) is 0.514. The molecule has 0 aromatic heterocycles. The number of likely N-dealkylation sites (N-methyl/N-ethyl adjacent to an activating group) is 1. The number of unbranched alkanes of at least 4 members (excludes halogenated alkanes) is 3. The van der Waals surface area contributed by atoms with Crippen molar-refractivity contribution in [3.63, 3.8) is 0 Å². The highest BCUT2D eigenvalue weighted by molar-refractivity contribution is 8.14. The number of amides is 2. The number of nitrogens with zero attached hydrogens (tertiary/aromatic N) is 2. The van der Waals surface area contributed by atoms with E-state index < -0.39 is 5.82 Å². The number of hydrogen-bond donors (Lipinski definition) is 1. The number of thioether (sulfide) groups is 1. The first kappa shape index (κ1) is 21.2. The van der Waals surface area contributed by atoms with Gasteiger partial charge < -0.3 is 5.32 Å². The second-order valence-corrected chi connectivity index (χ2v) is 7.14. The van der Waals surface area contributed by atoms with Gasteiger partial charge in [0.1, 0.15) is 11.5 Å². The van der Waals surface area contributed by atoms with E-state index in [0.717, 1.165) is 19.3 Å². The van der Waals surface area contributed by atoms with Crippen LogP contribution in [-0.2, 0) is 9.59 Å². The Labute approximate surface area is 164 Å². The van der Waals surface area contributed by atoms with Gasteiger partial charge in [0.2, 0.25) is 5.91 Å². The molecule has 0 fully saturated rings. The van der Waals surface area contributed by atoms with Gasteiger partial charge >= 0.3 is 0 Å². The van der Waals surface area contributed by atoms with Crippen LogP contribution in [0.4, 0.5) is 4.39 Å². The Kier molecular flexibility index (Phi) is 8.51. The van der Waals surface area contributed by atoms with E-state index in [4.69, 9.17) is 0 Å². The Morgan fingerprint density at radius 2 is 2.04 bits per heavy atom. The molecule has 0 aliphatic carbocycles. The summed E-state index contributed by atoms with van der Waals surface area (Å²) in [7, 11) is 0. The first-order valence-electron chi connectivity index (χ1n) is 9.33. The molecule has 0 bridgehead atoms. The average Bonchev–Trinajstić information content (AvgIpc) is 2.96. The van der Waals surface area contributed by atoms with Crippen LogP contribution >= 0.6 is 11.8 Å². The van der Waals surface area contributed by atoms with E-state index in [0.29, 0.717) is 23.8 Å². The fourth-order valence-electron chi connectivity index (χ4n) is 2.62. The molecule has 1 heterocycles. The number of carbonyl (C=O) groups excluding carboxylic acids is 2. The van der Waals surface area contributed by atoms with Crippen molar-refractivity contribution in [1.29, 1.82) is 0 Å². The molecule has 2 rings (SSSR count). The van der Waals surface area contributed by atoms with Crippen LogP contribution in [0.15, 0.2) is 35.0 Å². The van der Waals surface area contributed by atoms with Crippen LogP contribution in [0.25, 0.3) is 6.08 Å². The monoisotopic (exact) mass is 391 g/mol. The Hall–Kier alpha value is -2.15. The van der Waals surface area contributed by atoms with Gasteiger partial charge in [0, 0.05) is 18.7 Å². The van der Waals surface area contributed by atoms with Crippen LogP contribution in [0, 0.1) is 5.82 Å². The molecule has 0 saturated carbocycles. The molecule has 7 heteroatoms. The van der Waals surface area contributed by atoms with Gasteiger partial charge in [0.05, 0.1) is 5.75 Å². The van der Waals surface area contributed by atoms with E-state index in [-0.39, 0.29) is 23.3 Å². The maximum absolute atomic E-state index is 13.8. The molecule has 5 nitrogen and oxygen atoms in total. The lowest BCUT2D eigenvalue weighted by Gasteiger charge is -2.14. The standard InChI is InChI=1S/C20H26FN3O2S/c1-3-5-6-9-12-22-18(25)14-27-20-23-17(19(26)24(20)4-2)13-15-10-7-8-11-16(15)21/h7-8,10-11,13H,3-6,9,12,14H2,1-2H3,(H,22,25). The third-order valence-electron chi connectivity index (χ3n) is 4.11. The highest BCUT2D eigenvalue weighted by atomic mass is 32.2. The predicted molar refractivity (Wildman–Crippen MR) is 109 cm³/mol. The number of rotatable bonds is 9. The second-order valence-electron chi connectivity index (χ2n) is 6.19. The minimum atomic E-state index is -0.403. The molecule has 0 saturated heterocycles. The summed E-state index contributed by atoms with van der Waals surface area (Å²) in [5.74, 6) is -0.555. The van der Waals surface area contributed by atoms with Crippen molar-refractivity contribution < 1.29 is 14.0 Å². The van der Waals surface area contributed by atoms with Gasteiger partial charge in [0.25, 0.3) is 5.91 Å². The Bertz CT molecular complexity index is 734. The molecule has 1 aliphatic heterocycles. The lowest BCUT2D eigenvalue weighted by Crippen LogP contribution is -2.32. The van der Waals surface area contributed by atoms with Crippen molar-refractivity contribution in [3.8, 4) is 0 Å². The molecule has 0 spiro atoms. The molecular weight excluding hydrogens is 365 g/mol. The molecule has 0 radical (unpaired) electrons. The van der Waals surface area contributed by atoms with E-state index in [2.05, 4.69) is 17.2 Å². The zero-order valence-electron chi connectivity index (χ0n) is 15.8. The maximum Gasteiger partial charge on any atom is 0.278 e. The van der Waals surface area contributed by atoms with Crippen LogP contribution in [0.2, 0.25) is 0 Å². The Morgan fingerprint density at radius 3 is 2.74 bits per heavy atom. The van der Waals surface area contributed by atoms with Gasteiger partial charge in [-0.05, 0) is 25.5 Å². The van der Waals surface area contributed by atoms with E-state index >= 15 is 0 Å². The highest BCUT2D eigenvalue weighted by Crippen LogP contribution is 2.24. The summed E-state index contributed by atoms with van der Waals surface area (Å²) in [5.41, 5.74) is 0.501. The van der Waals surface area contributed by atoms with E-state index in [1.54, 1.807) is 18.2 Å². The molecule has 1 aliphatic rings. The van der Waals surface area contributed by atoms with Crippen molar-refractivity contribution in [3.05, 3.63) is 41.3 Å². The fourth-order valence-corrected chi connectivity index (χ4v) is 3.51. The fraction of sp³-hybridized carbons (Fsp3) is 0.450. The van der Waals surface area contributed by atoms with Gasteiger partial charge in [-0.3, -0.25) is 14.5 Å². The molecule has 27 heavy (non-hydrogen) atoms. The molecule has 2 amide bonds.